The molecule has 7 heteroatoms. The summed E-state index contributed by atoms with van der Waals surface area (Å²) in [6.45, 7) is 2.59. The van der Waals surface area contributed by atoms with Gasteiger partial charge in [0, 0.05) is 18.6 Å². The van der Waals surface area contributed by atoms with Gasteiger partial charge in [-0.2, -0.15) is 0 Å². The molecule has 24 heavy (non-hydrogen) atoms. The topological polar surface area (TPSA) is 82.0 Å². The summed E-state index contributed by atoms with van der Waals surface area (Å²) in [5, 5.41) is 3.04. The summed E-state index contributed by atoms with van der Waals surface area (Å²) in [7, 11) is 0. The van der Waals surface area contributed by atoms with E-state index in [1.807, 2.05) is 31.2 Å². The molecule has 1 aromatic heterocycles. The fourth-order valence-electron chi connectivity index (χ4n) is 3.41. The molecule has 0 unspecified atom stereocenters. The Morgan fingerprint density at radius 3 is 2.33 bits per heavy atom. The number of hydrogen-bond acceptors (Lipinski definition) is 3. The molecule has 1 aliphatic rings. The average molecular weight is 353 g/mol. The number of imidazole rings is 1. The molecular weight excluding hydrogens is 328 g/mol. The Morgan fingerprint density at radius 1 is 1.17 bits per heavy atom. The molecule has 0 saturated heterocycles. The molecule has 1 aromatic carbocycles. The van der Waals surface area contributed by atoms with E-state index in [1.54, 1.807) is 9.13 Å². The van der Waals surface area contributed by atoms with E-state index in [9.17, 15) is 9.59 Å². The molecule has 1 saturated carbocycles. The van der Waals surface area contributed by atoms with Gasteiger partial charge in [0.25, 0.3) is 0 Å². The fraction of sp³-hybridized carbons (Fsp3) is 0.529. The maximum atomic E-state index is 12.5. The van der Waals surface area contributed by atoms with Crippen LogP contribution in [0, 0.1) is 0 Å². The predicted molar refractivity (Wildman–Crippen MR) is 97.5 cm³/mol. The second-order valence-electron chi connectivity index (χ2n) is 6.28. The highest BCUT2D eigenvalue weighted by atomic mass is 35.5. The van der Waals surface area contributed by atoms with E-state index >= 15 is 0 Å². The van der Waals surface area contributed by atoms with Crippen LogP contribution in [-0.2, 0) is 17.9 Å². The number of aryl methyl sites for hydroxylation is 1. The van der Waals surface area contributed by atoms with Gasteiger partial charge in [-0.3, -0.25) is 13.9 Å². The van der Waals surface area contributed by atoms with Crippen molar-refractivity contribution in [2.45, 2.75) is 57.8 Å². The molecule has 2 aromatic rings. The molecule has 6 nitrogen and oxygen atoms in total. The standard InChI is InChI=1S/C17H24N4O2.ClH/c1-2-20-14-5-3-4-6-15(14)21(17(20)23)11-16(22)19-13-9-7-12(18)8-10-13;/h3-6,12-13H,2,7-11,18H2,1H3,(H,19,22);1H. The summed E-state index contributed by atoms with van der Waals surface area (Å²) < 4.78 is 3.25. The quantitative estimate of drug-likeness (QED) is 0.877. The Morgan fingerprint density at radius 2 is 1.75 bits per heavy atom. The van der Waals surface area contributed by atoms with Crippen LogP contribution in [0.4, 0.5) is 0 Å². The highest BCUT2D eigenvalue weighted by molar-refractivity contribution is 5.85. The fourth-order valence-corrected chi connectivity index (χ4v) is 3.41. The molecule has 1 fully saturated rings. The highest BCUT2D eigenvalue weighted by Crippen LogP contribution is 2.17. The molecule has 1 aliphatic carbocycles. The number of nitrogens with two attached hydrogens (primary N) is 1. The molecule has 132 valence electrons. The lowest BCUT2D eigenvalue weighted by atomic mass is 9.92. The number of aromatic nitrogens is 2. The number of rotatable bonds is 4. The van der Waals surface area contributed by atoms with Crippen LogP contribution in [0.5, 0.6) is 0 Å². The first kappa shape index (κ1) is 18.5. The van der Waals surface area contributed by atoms with Gasteiger partial charge in [-0.15, -0.1) is 12.4 Å². The summed E-state index contributed by atoms with van der Waals surface area (Å²) >= 11 is 0. The lowest BCUT2D eigenvalue weighted by Gasteiger charge is -2.26. The van der Waals surface area contributed by atoms with Gasteiger partial charge in [0.1, 0.15) is 6.54 Å². The number of fused-ring (bicyclic) bond motifs is 1. The summed E-state index contributed by atoms with van der Waals surface area (Å²) in [5.74, 6) is -0.105. The minimum absolute atomic E-state index is 0. The Kier molecular flexibility index (Phi) is 6.07. The van der Waals surface area contributed by atoms with Gasteiger partial charge in [-0.1, -0.05) is 12.1 Å². The van der Waals surface area contributed by atoms with Crippen LogP contribution in [0.1, 0.15) is 32.6 Å². The van der Waals surface area contributed by atoms with Crippen LogP contribution in [-0.4, -0.2) is 27.1 Å². The largest absolute Gasteiger partial charge is 0.352 e. The van der Waals surface area contributed by atoms with Gasteiger partial charge in [0.2, 0.25) is 5.91 Å². The molecule has 0 atom stereocenters. The summed E-state index contributed by atoms with van der Waals surface area (Å²) in [6, 6.07) is 8.03. The Bertz CT molecular complexity index is 760. The minimum Gasteiger partial charge on any atom is -0.352 e. The molecule has 1 amide bonds. The van der Waals surface area contributed by atoms with Crippen molar-refractivity contribution in [2.24, 2.45) is 5.73 Å². The number of halogens is 1. The Labute approximate surface area is 147 Å². The van der Waals surface area contributed by atoms with E-state index in [-0.39, 0.29) is 42.6 Å². The Hall–Kier alpha value is -1.79. The van der Waals surface area contributed by atoms with Gasteiger partial charge in [0.15, 0.2) is 0 Å². The van der Waals surface area contributed by atoms with E-state index in [0.29, 0.717) is 6.54 Å². The third-order valence-corrected chi connectivity index (χ3v) is 4.68. The van der Waals surface area contributed by atoms with Gasteiger partial charge in [-0.25, -0.2) is 4.79 Å². The maximum Gasteiger partial charge on any atom is 0.329 e. The number of carbonyl (C=O) groups is 1. The lowest BCUT2D eigenvalue weighted by Crippen LogP contribution is -2.42. The molecule has 0 aliphatic heterocycles. The van der Waals surface area contributed by atoms with E-state index < -0.39 is 0 Å². The number of nitrogens with one attached hydrogen (secondary N) is 1. The second kappa shape index (κ2) is 7.85. The number of carbonyl (C=O) groups excluding carboxylic acids is 1. The molecule has 1 heterocycles. The SMILES string of the molecule is CCn1c(=O)n(CC(=O)NC2CCC(N)CC2)c2ccccc21.Cl. The monoisotopic (exact) mass is 352 g/mol. The highest BCUT2D eigenvalue weighted by Gasteiger charge is 2.21. The first-order chi connectivity index (χ1) is 11.1. The first-order valence-corrected chi connectivity index (χ1v) is 8.33. The van der Waals surface area contributed by atoms with Crippen molar-refractivity contribution in [3.63, 3.8) is 0 Å². The van der Waals surface area contributed by atoms with Crippen LogP contribution in [0.3, 0.4) is 0 Å². The van der Waals surface area contributed by atoms with Crippen molar-refractivity contribution in [1.29, 1.82) is 0 Å². The molecule has 0 spiro atoms. The normalized spacial score (nSPS) is 20.6. The van der Waals surface area contributed by atoms with Crippen molar-refractivity contribution < 1.29 is 4.79 Å². The lowest BCUT2D eigenvalue weighted by molar-refractivity contribution is -0.122. The van der Waals surface area contributed by atoms with Crippen molar-refractivity contribution in [1.82, 2.24) is 14.5 Å². The number of nitrogens with zero attached hydrogens (tertiary/aromatic N) is 2. The zero-order valence-corrected chi connectivity index (χ0v) is 14.7. The predicted octanol–water partition coefficient (Wildman–Crippen LogP) is 1.63. The zero-order chi connectivity index (χ0) is 16.4. The van der Waals surface area contributed by atoms with Crippen molar-refractivity contribution in [3.8, 4) is 0 Å². The van der Waals surface area contributed by atoms with Crippen LogP contribution in [0.25, 0.3) is 11.0 Å². The van der Waals surface area contributed by atoms with Crippen molar-refractivity contribution >= 4 is 29.3 Å². The van der Waals surface area contributed by atoms with Crippen LogP contribution < -0.4 is 16.7 Å². The van der Waals surface area contributed by atoms with Gasteiger partial charge in [-0.05, 0) is 44.7 Å². The molecular formula is C17H25ClN4O2. The molecule has 3 rings (SSSR count). The van der Waals surface area contributed by atoms with Crippen molar-refractivity contribution in [3.05, 3.63) is 34.7 Å². The molecule has 0 bridgehead atoms. The minimum atomic E-state index is -0.130. The Balaban J connectivity index is 0.00000208. The third kappa shape index (κ3) is 3.65. The smallest absolute Gasteiger partial charge is 0.329 e. The maximum absolute atomic E-state index is 12.5. The van der Waals surface area contributed by atoms with Gasteiger partial charge in [0.05, 0.1) is 11.0 Å². The molecule has 3 N–H and O–H groups in total. The number of benzene rings is 1. The van der Waals surface area contributed by atoms with E-state index in [0.717, 1.165) is 36.7 Å². The van der Waals surface area contributed by atoms with Crippen molar-refractivity contribution in [2.75, 3.05) is 0 Å². The van der Waals surface area contributed by atoms with Crippen LogP contribution in [0.15, 0.2) is 29.1 Å². The second-order valence-corrected chi connectivity index (χ2v) is 6.28. The average Bonchev–Trinajstić information content (AvgIpc) is 2.81. The summed E-state index contributed by atoms with van der Waals surface area (Å²) in [6.07, 6.45) is 3.72. The van der Waals surface area contributed by atoms with Gasteiger partial charge < -0.3 is 11.1 Å². The number of para-hydroxylation sites is 2. The zero-order valence-electron chi connectivity index (χ0n) is 13.9. The molecule has 0 radical (unpaired) electrons. The number of hydrogen-bond donors (Lipinski definition) is 2. The van der Waals surface area contributed by atoms with E-state index in [1.165, 1.54) is 0 Å². The van der Waals surface area contributed by atoms with E-state index in [2.05, 4.69) is 5.32 Å². The summed E-state index contributed by atoms with van der Waals surface area (Å²) in [5.41, 5.74) is 7.44. The third-order valence-electron chi connectivity index (χ3n) is 4.68. The van der Waals surface area contributed by atoms with E-state index in [4.69, 9.17) is 5.73 Å². The first-order valence-electron chi connectivity index (χ1n) is 8.33. The van der Waals surface area contributed by atoms with Gasteiger partial charge >= 0.3 is 5.69 Å². The van der Waals surface area contributed by atoms with Crippen LogP contribution in [0.2, 0.25) is 0 Å². The number of amides is 1. The summed E-state index contributed by atoms with van der Waals surface area (Å²) in [4.78, 5) is 24.9. The van der Waals surface area contributed by atoms with Crippen LogP contribution >= 0.6 is 12.4 Å².